The quantitative estimate of drug-likeness (QED) is 0.569. The highest BCUT2D eigenvalue weighted by molar-refractivity contribution is 7.98. The topological polar surface area (TPSA) is 75.0 Å². The average molecular weight is 363 g/mol. The fourth-order valence-electron chi connectivity index (χ4n) is 1.94. The molecule has 3 rings (SSSR count). The summed E-state index contributed by atoms with van der Waals surface area (Å²) in [4.78, 5) is 4.58. The Bertz CT molecular complexity index is 772. The molecule has 0 N–H and O–H groups in total. The van der Waals surface area contributed by atoms with Gasteiger partial charge in [0.1, 0.15) is 23.1 Å². The molecule has 0 bridgehead atoms. The number of nitrogens with zero attached hydrogens (tertiary/aromatic N) is 5. The summed E-state index contributed by atoms with van der Waals surface area (Å²) in [5, 5.41) is 15.4. The molecule has 0 radical (unpaired) electrons. The lowest BCUT2D eigenvalue weighted by molar-refractivity contribution is 0.304. The van der Waals surface area contributed by atoms with Gasteiger partial charge >= 0.3 is 0 Å². The zero-order valence-electron chi connectivity index (χ0n) is 13.4. The third-order valence-corrected chi connectivity index (χ3v) is 5.03. The van der Waals surface area contributed by atoms with Crippen LogP contribution in [-0.4, -0.2) is 32.3 Å². The molecule has 0 aliphatic heterocycles. The molecule has 2 heterocycles. The molecule has 3 aromatic rings. The fourth-order valence-corrected chi connectivity index (χ4v) is 3.58. The molecule has 0 aliphatic carbocycles. The van der Waals surface area contributed by atoms with Crippen LogP contribution < -0.4 is 9.47 Å². The normalized spacial score (nSPS) is 10.8. The number of rotatable bonds is 8. The molecule has 0 spiro atoms. The summed E-state index contributed by atoms with van der Waals surface area (Å²) in [7, 11) is 1.64. The van der Waals surface area contributed by atoms with E-state index in [-0.39, 0.29) is 0 Å². The van der Waals surface area contributed by atoms with E-state index in [1.807, 2.05) is 36.6 Å². The van der Waals surface area contributed by atoms with E-state index in [0.29, 0.717) is 6.61 Å². The maximum atomic E-state index is 5.74. The number of thiazole rings is 1. The van der Waals surface area contributed by atoms with Gasteiger partial charge in [0.2, 0.25) is 5.16 Å². The van der Waals surface area contributed by atoms with Crippen molar-refractivity contribution in [3.05, 3.63) is 40.3 Å². The molecule has 0 fully saturated rings. The van der Waals surface area contributed by atoms with Crippen LogP contribution >= 0.6 is 23.1 Å². The van der Waals surface area contributed by atoms with Crippen molar-refractivity contribution in [1.82, 2.24) is 25.2 Å². The second-order valence-corrected chi connectivity index (χ2v) is 6.65. The Kier molecular flexibility index (Phi) is 5.65. The molecule has 2 aromatic heterocycles. The van der Waals surface area contributed by atoms with Gasteiger partial charge in [0.15, 0.2) is 0 Å². The third kappa shape index (κ3) is 4.24. The number of hydrogen-bond acceptors (Lipinski definition) is 8. The smallest absolute Gasteiger partial charge is 0.209 e. The van der Waals surface area contributed by atoms with Crippen molar-refractivity contribution in [3.63, 3.8) is 0 Å². The predicted octanol–water partition coefficient (Wildman–Crippen LogP) is 3.03. The number of hydrogen-bond donors (Lipinski definition) is 0. The Morgan fingerprint density at radius 2 is 2.00 bits per heavy atom. The molecule has 9 heteroatoms. The monoisotopic (exact) mass is 363 g/mol. The standard InChI is InChI=1S/C15H17N5O2S2/c1-3-20-15(17-18-19-20)24-10-11-9-23-14(16-11)8-22-13-6-4-12(21-2)5-7-13/h4-7,9H,3,8,10H2,1-2H3. The van der Waals surface area contributed by atoms with Gasteiger partial charge in [0.05, 0.1) is 12.8 Å². The maximum Gasteiger partial charge on any atom is 0.209 e. The number of benzene rings is 1. The molecule has 0 atom stereocenters. The highest BCUT2D eigenvalue weighted by atomic mass is 32.2. The summed E-state index contributed by atoms with van der Waals surface area (Å²) in [5.41, 5.74) is 1.00. The zero-order valence-corrected chi connectivity index (χ0v) is 15.0. The van der Waals surface area contributed by atoms with Gasteiger partial charge in [-0.05, 0) is 41.6 Å². The molecule has 7 nitrogen and oxygen atoms in total. The van der Waals surface area contributed by atoms with Crippen molar-refractivity contribution in [3.8, 4) is 11.5 Å². The van der Waals surface area contributed by atoms with Crippen molar-refractivity contribution in [1.29, 1.82) is 0 Å². The zero-order chi connectivity index (χ0) is 16.8. The van der Waals surface area contributed by atoms with Crippen molar-refractivity contribution >= 4 is 23.1 Å². The number of thioether (sulfide) groups is 1. The van der Waals surface area contributed by atoms with Crippen LogP contribution in [0.4, 0.5) is 0 Å². The van der Waals surface area contributed by atoms with Gasteiger partial charge < -0.3 is 9.47 Å². The Balaban J connectivity index is 1.51. The Morgan fingerprint density at radius 1 is 1.21 bits per heavy atom. The molecular formula is C15H17N5O2S2. The van der Waals surface area contributed by atoms with E-state index in [0.717, 1.165) is 39.7 Å². The SMILES string of the molecule is CCn1nnnc1SCc1csc(COc2ccc(OC)cc2)n1. The largest absolute Gasteiger partial charge is 0.497 e. The van der Waals surface area contributed by atoms with Gasteiger partial charge in [-0.25, -0.2) is 9.67 Å². The third-order valence-electron chi connectivity index (χ3n) is 3.17. The predicted molar refractivity (Wildman–Crippen MR) is 92.5 cm³/mol. The van der Waals surface area contributed by atoms with Crippen LogP contribution in [0.3, 0.4) is 0 Å². The lowest BCUT2D eigenvalue weighted by Crippen LogP contribution is -1.99. The van der Waals surface area contributed by atoms with Crippen LogP contribution in [-0.2, 0) is 18.9 Å². The molecule has 0 unspecified atom stereocenters. The van der Waals surface area contributed by atoms with E-state index in [1.165, 1.54) is 0 Å². The lowest BCUT2D eigenvalue weighted by atomic mass is 10.3. The summed E-state index contributed by atoms with van der Waals surface area (Å²) in [6, 6.07) is 7.51. The van der Waals surface area contributed by atoms with E-state index < -0.39 is 0 Å². The van der Waals surface area contributed by atoms with E-state index in [2.05, 4.69) is 20.5 Å². The van der Waals surface area contributed by atoms with Gasteiger partial charge in [0.25, 0.3) is 0 Å². The van der Waals surface area contributed by atoms with Crippen LogP contribution in [0.5, 0.6) is 11.5 Å². The first-order chi connectivity index (χ1) is 11.8. The maximum absolute atomic E-state index is 5.74. The molecule has 126 valence electrons. The summed E-state index contributed by atoms with van der Waals surface area (Å²) in [6.45, 7) is 3.22. The minimum absolute atomic E-state index is 0.453. The molecule has 0 saturated carbocycles. The summed E-state index contributed by atoms with van der Waals surface area (Å²) >= 11 is 3.17. The van der Waals surface area contributed by atoms with Crippen LogP contribution in [0.25, 0.3) is 0 Å². The highest BCUT2D eigenvalue weighted by Crippen LogP contribution is 2.23. The molecule has 0 aliphatic rings. The van der Waals surface area contributed by atoms with Gasteiger partial charge in [-0.3, -0.25) is 0 Å². The first-order valence-electron chi connectivity index (χ1n) is 7.37. The van der Waals surface area contributed by atoms with Crippen LogP contribution in [0.1, 0.15) is 17.6 Å². The Morgan fingerprint density at radius 3 is 2.75 bits per heavy atom. The molecule has 1 aromatic carbocycles. The van der Waals surface area contributed by atoms with E-state index in [9.17, 15) is 0 Å². The second kappa shape index (κ2) is 8.11. The molecule has 24 heavy (non-hydrogen) atoms. The summed E-state index contributed by atoms with van der Waals surface area (Å²) in [5.74, 6) is 2.34. The van der Waals surface area contributed by atoms with Gasteiger partial charge in [-0.15, -0.1) is 16.4 Å². The van der Waals surface area contributed by atoms with Gasteiger partial charge in [-0.1, -0.05) is 11.8 Å². The van der Waals surface area contributed by atoms with Crippen LogP contribution in [0.2, 0.25) is 0 Å². The summed E-state index contributed by atoms with van der Waals surface area (Å²) < 4.78 is 12.6. The van der Waals surface area contributed by atoms with Gasteiger partial charge in [0, 0.05) is 17.7 Å². The highest BCUT2D eigenvalue weighted by Gasteiger charge is 2.08. The minimum Gasteiger partial charge on any atom is -0.497 e. The second-order valence-electron chi connectivity index (χ2n) is 4.76. The first kappa shape index (κ1) is 16.7. The number of methoxy groups -OCH3 is 1. The molecule has 0 amide bonds. The van der Waals surface area contributed by atoms with Crippen molar-refractivity contribution in [2.75, 3.05) is 7.11 Å². The molecule has 0 saturated heterocycles. The number of ether oxygens (including phenoxy) is 2. The van der Waals surface area contributed by atoms with Gasteiger partial charge in [-0.2, -0.15) is 0 Å². The van der Waals surface area contributed by atoms with Crippen LogP contribution in [0, 0.1) is 0 Å². The van der Waals surface area contributed by atoms with Crippen molar-refractivity contribution in [2.45, 2.75) is 31.0 Å². The lowest BCUT2D eigenvalue weighted by Gasteiger charge is -2.05. The fraction of sp³-hybridized carbons (Fsp3) is 0.333. The average Bonchev–Trinajstić information content (AvgIpc) is 3.27. The van der Waals surface area contributed by atoms with Crippen molar-refractivity contribution < 1.29 is 9.47 Å². The van der Waals surface area contributed by atoms with Crippen molar-refractivity contribution in [2.24, 2.45) is 0 Å². The van der Waals surface area contributed by atoms with E-state index in [1.54, 1.807) is 34.9 Å². The minimum atomic E-state index is 0.453. The molecular weight excluding hydrogens is 346 g/mol. The number of tetrazole rings is 1. The number of aromatic nitrogens is 5. The van der Waals surface area contributed by atoms with Crippen LogP contribution in [0.15, 0.2) is 34.8 Å². The Labute approximate surface area is 148 Å². The van der Waals surface area contributed by atoms with E-state index in [4.69, 9.17) is 9.47 Å². The first-order valence-corrected chi connectivity index (χ1v) is 9.24. The number of aryl methyl sites for hydroxylation is 1. The summed E-state index contributed by atoms with van der Waals surface area (Å²) in [6.07, 6.45) is 0. The van der Waals surface area contributed by atoms with E-state index >= 15 is 0 Å². The Hall–Kier alpha value is -2.13.